The number of carbonyl (C=O) groups is 1. The molecule has 1 aromatic carbocycles. The van der Waals surface area contributed by atoms with Crippen LogP contribution in [0.5, 0.6) is 0 Å². The van der Waals surface area contributed by atoms with Crippen molar-refractivity contribution >= 4 is 21.9 Å². The van der Waals surface area contributed by atoms with E-state index in [2.05, 4.69) is 15.9 Å². The van der Waals surface area contributed by atoms with Crippen LogP contribution in [-0.2, 0) is 15.1 Å². The fraction of sp³-hybridized carbons (Fsp3) is 0.364. The number of esters is 1. The zero-order valence-electron chi connectivity index (χ0n) is 7.92. The van der Waals surface area contributed by atoms with Crippen LogP contribution in [0.4, 0.5) is 0 Å². The van der Waals surface area contributed by atoms with Crippen molar-refractivity contribution in [2.75, 3.05) is 0 Å². The average Bonchev–Trinajstić information content (AvgIpc) is 2.48. The van der Waals surface area contributed by atoms with Gasteiger partial charge in [-0.05, 0) is 24.6 Å². The number of cyclic esters (lactones) is 1. The van der Waals surface area contributed by atoms with Crippen molar-refractivity contribution in [2.24, 2.45) is 0 Å². The van der Waals surface area contributed by atoms with Crippen molar-refractivity contribution in [3.05, 3.63) is 34.3 Å². The maximum absolute atomic E-state index is 11.1. The summed E-state index contributed by atoms with van der Waals surface area (Å²) in [7, 11) is 0. The van der Waals surface area contributed by atoms with E-state index in [1.807, 2.05) is 31.2 Å². The van der Waals surface area contributed by atoms with Crippen molar-refractivity contribution in [3.63, 3.8) is 0 Å². The number of hydrogen-bond donors (Lipinski definition) is 0. The van der Waals surface area contributed by atoms with Gasteiger partial charge in [-0.2, -0.15) is 0 Å². The Balaban J connectivity index is 2.34. The first-order valence-electron chi connectivity index (χ1n) is 4.58. The Morgan fingerprint density at radius 3 is 2.86 bits per heavy atom. The number of rotatable bonds is 1. The van der Waals surface area contributed by atoms with Gasteiger partial charge in [0, 0.05) is 17.3 Å². The zero-order chi connectivity index (χ0) is 10.2. The van der Waals surface area contributed by atoms with Gasteiger partial charge in [0.25, 0.3) is 0 Å². The third kappa shape index (κ3) is 1.69. The number of hydrogen-bond acceptors (Lipinski definition) is 2. The fourth-order valence-electron chi connectivity index (χ4n) is 1.71. The molecule has 1 fully saturated rings. The summed E-state index contributed by atoms with van der Waals surface area (Å²) in [6.45, 7) is 1.96. The molecule has 0 bridgehead atoms. The van der Waals surface area contributed by atoms with Crippen LogP contribution in [0.2, 0.25) is 0 Å². The van der Waals surface area contributed by atoms with E-state index in [1.54, 1.807) is 0 Å². The average molecular weight is 255 g/mol. The molecule has 0 radical (unpaired) electrons. The lowest BCUT2D eigenvalue weighted by molar-refractivity contribution is -0.147. The summed E-state index contributed by atoms with van der Waals surface area (Å²) in [4.78, 5) is 11.1. The first-order valence-corrected chi connectivity index (χ1v) is 5.37. The van der Waals surface area contributed by atoms with Crippen molar-refractivity contribution in [1.82, 2.24) is 0 Å². The van der Waals surface area contributed by atoms with Gasteiger partial charge in [-0.15, -0.1) is 0 Å². The maximum atomic E-state index is 11.1. The first kappa shape index (κ1) is 9.71. The first-order chi connectivity index (χ1) is 6.60. The van der Waals surface area contributed by atoms with Crippen molar-refractivity contribution < 1.29 is 9.53 Å². The molecule has 1 aliphatic rings. The lowest BCUT2D eigenvalue weighted by Gasteiger charge is -2.23. The smallest absolute Gasteiger partial charge is 0.306 e. The Morgan fingerprint density at radius 1 is 1.50 bits per heavy atom. The maximum Gasteiger partial charge on any atom is 0.306 e. The molecule has 2 rings (SSSR count). The molecule has 0 saturated carbocycles. The van der Waals surface area contributed by atoms with Gasteiger partial charge in [-0.1, -0.05) is 28.1 Å². The van der Waals surface area contributed by atoms with E-state index < -0.39 is 5.60 Å². The van der Waals surface area contributed by atoms with Crippen LogP contribution >= 0.6 is 15.9 Å². The Labute approximate surface area is 91.4 Å². The minimum absolute atomic E-state index is 0.104. The summed E-state index contributed by atoms with van der Waals surface area (Å²) in [5.74, 6) is -0.104. The molecule has 3 heteroatoms. The van der Waals surface area contributed by atoms with Crippen LogP contribution in [0.1, 0.15) is 25.3 Å². The van der Waals surface area contributed by atoms with Gasteiger partial charge in [0.1, 0.15) is 5.60 Å². The molecule has 1 aromatic rings. The number of halogens is 1. The highest BCUT2D eigenvalue weighted by Crippen LogP contribution is 2.36. The fourth-order valence-corrected chi connectivity index (χ4v) is 2.11. The van der Waals surface area contributed by atoms with Crippen LogP contribution in [0.25, 0.3) is 0 Å². The van der Waals surface area contributed by atoms with Gasteiger partial charge < -0.3 is 4.74 Å². The summed E-state index contributed by atoms with van der Waals surface area (Å²) >= 11 is 3.41. The van der Waals surface area contributed by atoms with Gasteiger partial charge in [0.05, 0.1) is 0 Å². The van der Waals surface area contributed by atoms with Crippen molar-refractivity contribution in [1.29, 1.82) is 0 Å². The Hall–Kier alpha value is -0.830. The molecular formula is C11H11BrO2. The van der Waals surface area contributed by atoms with E-state index in [4.69, 9.17) is 4.74 Å². The summed E-state index contributed by atoms with van der Waals surface area (Å²) < 4.78 is 6.34. The predicted octanol–water partition coefficient (Wildman–Crippen LogP) is 3.00. The van der Waals surface area contributed by atoms with Gasteiger partial charge in [0.2, 0.25) is 0 Å². The SMILES string of the molecule is C[C@]1(c2cccc(Br)c2)CCC(=O)O1. The van der Waals surface area contributed by atoms with E-state index in [0.717, 1.165) is 16.5 Å². The molecule has 2 nitrogen and oxygen atoms in total. The summed E-state index contributed by atoms with van der Waals surface area (Å²) in [6.07, 6.45) is 1.28. The monoisotopic (exact) mass is 254 g/mol. The molecule has 1 atom stereocenters. The van der Waals surface area contributed by atoms with Gasteiger partial charge >= 0.3 is 5.97 Å². The highest BCUT2D eigenvalue weighted by Gasteiger charge is 2.37. The Kier molecular flexibility index (Phi) is 2.35. The second-order valence-corrected chi connectivity index (χ2v) is 4.63. The number of ether oxygens (including phenoxy) is 1. The normalized spacial score (nSPS) is 26.3. The van der Waals surface area contributed by atoms with Crippen molar-refractivity contribution in [3.8, 4) is 0 Å². The number of carbonyl (C=O) groups excluding carboxylic acids is 1. The molecule has 74 valence electrons. The largest absolute Gasteiger partial charge is 0.454 e. The van der Waals surface area contributed by atoms with E-state index in [1.165, 1.54) is 0 Å². The molecule has 14 heavy (non-hydrogen) atoms. The molecule has 0 N–H and O–H groups in total. The molecule has 0 unspecified atom stereocenters. The van der Waals surface area contributed by atoms with Crippen LogP contribution in [0.15, 0.2) is 28.7 Å². The zero-order valence-corrected chi connectivity index (χ0v) is 9.50. The molecule has 0 spiro atoms. The molecule has 0 aliphatic carbocycles. The second kappa shape index (κ2) is 3.39. The topological polar surface area (TPSA) is 26.3 Å². The van der Waals surface area contributed by atoms with Crippen molar-refractivity contribution in [2.45, 2.75) is 25.4 Å². The van der Waals surface area contributed by atoms with E-state index in [9.17, 15) is 4.79 Å². The highest BCUT2D eigenvalue weighted by atomic mass is 79.9. The van der Waals surface area contributed by atoms with Gasteiger partial charge in [-0.25, -0.2) is 0 Å². The Bertz CT molecular complexity index is 375. The quantitative estimate of drug-likeness (QED) is 0.721. The molecule has 1 saturated heterocycles. The van der Waals surface area contributed by atoms with E-state index >= 15 is 0 Å². The van der Waals surface area contributed by atoms with Crippen LogP contribution < -0.4 is 0 Å². The van der Waals surface area contributed by atoms with Crippen LogP contribution in [-0.4, -0.2) is 5.97 Å². The lowest BCUT2D eigenvalue weighted by Crippen LogP contribution is -2.20. The summed E-state index contributed by atoms with van der Waals surface area (Å²) in [5.41, 5.74) is 0.624. The summed E-state index contributed by atoms with van der Waals surface area (Å²) in [5, 5.41) is 0. The predicted molar refractivity (Wildman–Crippen MR) is 56.8 cm³/mol. The van der Waals surface area contributed by atoms with E-state index in [0.29, 0.717) is 6.42 Å². The third-order valence-electron chi connectivity index (χ3n) is 2.58. The standard InChI is InChI=1S/C11H11BrO2/c1-11(6-5-10(13)14-11)8-3-2-4-9(12)7-8/h2-4,7H,5-6H2,1H3/t11-/m1/s1. The molecular weight excluding hydrogens is 244 g/mol. The highest BCUT2D eigenvalue weighted by molar-refractivity contribution is 9.10. The summed E-state index contributed by atoms with van der Waals surface area (Å²) in [6, 6.07) is 7.91. The van der Waals surface area contributed by atoms with Gasteiger partial charge in [0.15, 0.2) is 0 Å². The minimum atomic E-state index is -0.430. The Morgan fingerprint density at radius 2 is 2.29 bits per heavy atom. The molecule has 1 aliphatic heterocycles. The van der Waals surface area contributed by atoms with Gasteiger partial charge in [-0.3, -0.25) is 4.79 Å². The molecule has 0 aromatic heterocycles. The second-order valence-electron chi connectivity index (χ2n) is 3.72. The third-order valence-corrected chi connectivity index (χ3v) is 3.07. The molecule has 0 amide bonds. The lowest BCUT2D eigenvalue weighted by atomic mass is 9.93. The van der Waals surface area contributed by atoms with Crippen LogP contribution in [0, 0.1) is 0 Å². The number of benzene rings is 1. The van der Waals surface area contributed by atoms with E-state index in [-0.39, 0.29) is 5.97 Å². The minimum Gasteiger partial charge on any atom is -0.454 e. The molecule has 1 heterocycles. The van der Waals surface area contributed by atoms with Crippen LogP contribution in [0.3, 0.4) is 0 Å².